The van der Waals surface area contributed by atoms with Gasteiger partial charge in [-0.3, -0.25) is 14.2 Å². The minimum Gasteiger partial charge on any atom is -0.350 e. The molecule has 1 N–H and O–H groups in total. The summed E-state index contributed by atoms with van der Waals surface area (Å²) in [5, 5.41) is 7.70. The fraction of sp³-hybridized carbons (Fsp3) is 0.143. The molecule has 0 radical (unpaired) electrons. The fourth-order valence-corrected chi connectivity index (χ4v) is 3.33. The first kappa shape index (κ1) is 20.7. The van der Waals surface area contributed by atoms with Crippen LogP contribution in [-0.2, 0) is 13.1 Å². The van der Waals surface area contributed by atoms with Crippen LogP contribution in [0.1, 0.15) is 15.9 Å². The summed E-state index contributed by atoms with van der Waals surface area (Å²) < 4.78 is 29.2. The molecule has 0 fully saturated rings. The van der Waals surface area contributed by atoms with E-state index in [2.05, 4.69) is 15.4 Å². The zero-order valence-corrected chi connectivity index (χ0v) is 16.8. The summed E-state index contributed by atoms with van der Waals surface area (Å²) in [5.74, 6) is -2.66. The maximum atomic E-state index is 13.3. The van der Waals surface area contributed by atoms with Crippen LogP contribution < -0.4 is 10.9 Å². The second kappa shape index (κ2) is 8.65. The Bertz CT molecular complexity index is 1340. The molecular weight excluding hydrogens is 428 g/mol. The normalized spacial score (nSPS) is 11.1. The zero-order valence-electron chi connectivity index (χ0n) is 16.1. The first-order valence-corrected chi connectivity index (χ1v) is 9.69. The number of hydrogen-bond donors (Lipinski definition) is 1. The van der Waals surface area contributed by atoms with E-state index >= 15 is 0 Å². The minimum atomic E-state index is -1.09. The van der Waals surface area contributed by atoms with Gasteiger partial charge in [0.25, 0.3) is 11.5 Å². The first-order chi connectivity index (χ1) is 14.9. The number of halogens is 3. The highest BCUT2D eigenvalue weighted by molar-refractivity contribution is 6.30. The van der Waals surface area contributed by atoms with Crippen molar-refractivity contribution in [2.24, 2.45) is 0 Å². The Hall–Kier alpha value is -3.59. The molecule has 4 aromatic rings. The Kier molecular flexibility index (Phi) is 5.77. The van der Waals surface area contributed by atoms with Crippen molar-refractivity contribution >= 4 is 28.5 Å². The van der Waals surface area contributed by atoms with Crippen molar-refractivity contribution in [3.05, 3.63) is 93.1 Å². The average Bonchev–Trinajstić information content (AvgIpc) is 3.16. The van der Waals surface area contributed by atoms with Crippen LogP contribution in [-0.4, -0.2) is 31.8 Å². The second-order valence-electron chi connectivity index (χ2n) is 6.80. The van der Waals surface area contributed by atoms with Gasteiger partial charge in [0.1, 0.15) is 11.7 Å². The molecule has 0 spiro atoms. The van der Waals surface area contributed by atoms with Crippen molar-refractivity contribution in [2.75, 3.05) is 6.54 Å². The molecule has 0 bridgehead atoms. The van der Waals surface area contributed by atoms with Crippen molar-refractivity contribution in [1.29, 1.82) is 0 Å². The van der Waals surface area contributed by atoms with Crippen LogP contribution in [0, 0.1) is 11.6 Å². The number of fused-ring (bicyclic) bond motifs is 1. The van der Waals surface area contributed by atoms with Gasteiger partial charge in [-0.05, 0) is 35.9 Å². The molecule has 0 unspecified atom stereocenters. The van der Waals surface area contributed by atoms with E-state index in [0.717, 1.165) is 17.7 Å². The lowest BCUT2D eigenvalue weighted by Gasteiger charge is -2.08. The molecule has 0 aliphatic carbocycles. The SMILES string of the molecule is O=C(NCCn1ncc2c(=O)n(Cc3cccc(Cl)c3)cnc21)c1ccc(F)c(F)c1. The molecule has 0 saturated heterocycles. The van der Waals surface area contributed by atoms with Crippen molar-refractivity contribution in [3.63, 3.8) is 0 Å². The highest BCUT2D eigenvalue weighted by Gasteiger charge is 2.12. The molecule has 0 aliphatic rings. The predicted molar refractivity (Wildman–Crippen MR) is 111 cm³/mol. The summed E-state index contributed by atoms with van der Waals surface area (Å²) in [7, 11) is 0. The van der Waals surface area contributed by atoms with Crippen LogP contribution in [0.2, 0.25) is 5.02 Å². The Morgan fingerprint density at radius 3 is 2.74 bits per heavy atom. The summed E-state index contributed by atoms with van der Waals surface area (Å²) in [6, 6.07) is 10.1. The molecular formula is C21H16ClF2N5O2. The van der Waals surface area contributed by atoms with Gasteiger partial charge in [0.2, 0.25) is 0 Å². The van der Waals surface area contributed by atoms with Gasteiger partial charge in [-0.1, -0.05) is 23.7 Å². The molecule has 2 aromatic carbocycles. The summed E-state index contributed by atoms with van der Waals surface area (Å²) in [6.45, 7) is 0.712. The molecule has 7 nitrogen and oxygen atoms in total. The summed E-state index contributed by atoms with van der Waals surface area (Å²) in [6.07, 6.45) is 2.86. The van der Waals surface area contributed by atoms with E-state index in [1.165, 1.54) is 27.8 Å². The number of rotatable bonds is 6. The van der Waals surface area contributed by atoms with Crippen molar-refractivity contribution in [2.45, 2.75) is 13.1 Å². The van der Waals surface area contributed by atoms with E-state index in [1.807, 2.05) is 6.07 Å². The van der Waals surface area contributed by atoms with Crippen molar-refractivity contribution in [3.8, 4) is 0 Å². The van der Waals surface area contributed by atoms with Crippen LogP contribution in [0.4, 0.5) is 8.78 Å². The monoisotopic (exact) mass is 443 g/mol. The lowest BCUT2D eigenvalue weighted by atomic mass is 10.2. The molecule has 1 amide bonds. The Morgan fingerprint density at radius 1 is 1.13 bits per heavy atom. The number of aromatic nitrogens is 4. The van der Waals surface area contributed by atoms with E-state index in [-0.39, 0.29) is 24.2 Å². The number of hydrogen-bond acceptors (Lipinski definition) is 4. The highest BCUT2D eigenvalue weighted by atomic mass is 35.5. The Balaban J connectivity index is 1.45. The number of carbonyl (C=O) groups excluding carboxylic acids is 1. The molecule has 0 aliphatic heterocycles. The zero-order chi connectivity index (χ0) is 22.0. The van der Waals surface area contributed by atoms with Gasteiger partial charge in [0.15, 0.2) is 17.3 Å². The van der Waals surface area contributed by atoms with Crippen LogP contribution in [0.15, 0.2) is 59.8 Å². The van der Waals surface area contributed by atoms with Gasteiger partial charge in [-0.2, -0.15) is 5.10 Å². The fourth-order valence-electron chi connectivity index (χ4n) is 3.12. The van der Waals surface area contributed by atoms with Gasteiger partial charge in [0.05, 0.1) is 19.3 Å². The largest absolute Gasteiger partial charge is 0.350 e. The van der Waals surface area contributed by atoms with E-state index in [9.17, 15) is 18.4 Å². The van der Waals surface area contributed by atoms with Crippen molar-refractivity contribution in [1.82, 2.24) is 24.6 Å². The third kappa shape index (κ3) is 4.46. The topological polar surface area (TPSA) is 81.8 Å². The maximum Gasteiger partial charge on any atom is 0.264 e. The molecule has 158 valence electrons. The van der Waals surface area contributed by atoms with Crippen LogP contribution >= 0.6 is 11.6 Å². The smallest absolute Gasteiger partial charge is 0.264 e. The van der Waals surface area contributed by atoms with E-state index in [4.69, 9.17) is 11.6 Å². The average molecular weight is 444 g/mol. The van der Waals surface area contributed by atoms with Crippen LogP contribution in [0.5, 0.6) is 0 Å². The van der Waals surface area contributed by atoms with Gasteiger partial charge >= 0.3 is 0 Å². The standard InChI is InChI=1S/C21H16ClF2N5O2/c22-15-3-1-2-13(8-15)11-28-12-26-19-16(21(28)31)10-27-29(19)7-6-25-20(30)14-4-5-17(23)18(24)9-14/h1-5,8-10,12H,6-7,11H2,(H,25,30). The highest BCUT2D eigenvalue weighted by Crippen LogP contribution is 2.12. The van der Waals surface area contributed by atoms with Gasteiger partial charge in [0, 0.05) is 17.1 Å². The molecule has 31 heavy (non-hydrogen) atoms. The Morgan fingerprint density at radius 2 is 1.97 bits per heavy atom. The lowest BCUT2D eigenvalue weighted by Crippen LogP contribution is -2.28. The van der Waals surface area contributed by atoms with E-state index in [0.29, 0.717) is 22.6 Å². The quantitative estimate of drug-likeness (QED) is 0.496. The summed E-state index contributed by atoms with van der Waals surface area (Å²) >= 11 is 5.99. The minimum absolute atomic E-state index is 0.00579. The van der Waals surface area contributed by atoms with E-state index in [1.54, 1.807) is 18.2 Å². The Labute approximate surface area is 179 Å². The molecule has 10 heteroatoms. The molecule has 0 saturated carbocycles. The van der Waals surface area contributed by atoms with E-state index < -0.39 is 17.5 Å². The van der Waals surface area contributed by atoms with Gasteiger partial charge in [-0.15, -0.1) is 0 Å². The van der Waals surface area contributed by atoms with Crippen molar-refractivity contribution < 1.29 is 13.6 Å². The van der Waals surface area contributed by atoms with Crippen LogP contribution in [0.25, 0.3) is 11.0 Å². The predicted octanol–water partition coefficient (Wildman–Crippen LogP) is 3.00. The first-order valence-electron chi connectivity index (χ1n) is 9.31. The third-order valence-corrected chi connectivity index (χ3v) is 4.89. The number of nitrogens with zero attached hydrogens (tertiary/aromatic N) is 4. The second-order valence-corrected chi connectivity index (χ2v) is 7.23. The summed E-state index contributed by atoms with van der Waals surface area (Å²) in [5.41, 5.74) is 1.01. The molecule has 2 heterocycles. The third-order valence-electron chi connectivity index (χ3n) is 4.66. The molecule has 2 aromatic heterocycles. The summed E-state index contributed by atoms with van der Waals surface area (Å²) in [4.78, 5) is 29.2. The molecule has 4 rings (SSSR count). The van der Waals surface area contributed by atoms with Gasteiger partial charge < -0.3 is 5.32 Å². The maximum absolute atomic E-state index is 13.3. The molecule has 0 atom stereocenters. The van der Waals surface area contributed by atoms with Crippen LogP contribution in [0.3, 0.4) is 0 Å². The number of nitrogens with one attached hydrogen (secondary N) is 1. The number of amides is 1. The lowest BCUT2D eigenvalue weighted by molar-refractivity contribution is 0.0951. The number of carbonyl (C=O) groups is 1. The number of benzene rings is 2. The van der Waals surface area contributed by atoms with Gasteiger partial charge in [-0.25, -0.2) is 18.4 Å².